The quantitative estimate of drug-likeness (QED) is 0.0346. The van der Waals surface area contributed by atoms with Gasteiger partial charge >= 0.3 is 0 Å². The van der Waals surface area contributed by atoms with Crippen molar-refractivity contribution in [3.63, 3.8) is 0 Å². The van der Waals surface area contributed by atoms with Crippen molar-refractivity contribution in [2.45, 2.75) is 258 Å². The minimum atomic E-state index is 0.845. The molecule has 0 aromatic carbocycles. The molecule has 59 heavy (non-hydrogen) atoms. The minimum Gasteiger partial charge on any atom is -0.376 e. The average Bonchev–Trinajstić information content (AvgIpc) is 3.23. The van der Waals surface area contributed by atoms with Gasteiger partial charge in [0.1, 0.15) is 13.1 Å². The molecule has 0 unspecified atom stereocenters. The van der Waals surface area contributed by atoms with Crippen molar-refractivity contribution in [3.05, 3.63) is 0 Å². The maximum atomic E-state index is 5.98. The van der Waals surface area contributed by atoms with E-state index in [0.29, 0.717) is 0 Å². The molecule has 0 atom stereocenters. The molecule has 0 amide bonds. The van der Waals surface area contributed by atoms with E-state index in [4.69, 9.17) is 9.47 Å². The van der Waals surface area contributed by atoms with E-state index in [1.54, 1.807) is 0 Å². The Hall–Kier alpha value is -1.88. The van der Waals surface area contributed by atoms with Gasteiger partial charge in [-0.15, -0.1) is 0 Å². The van der Waals surface area contributed by atoms with Crippen LogP contribution in [-0.4, -0.2) is 58.1 Å². The summed E-state index contributed by atoms with van der Waals surface area (Å²) < 4.78 is 12.9. The van der Waals surface area contributed by atoms with Crippen molar-refractivity contribution in [3.8, 4) is 47.4 Å². The molecule has 0 rings (SSSR count). The third-order valence-corrected chi connectivity index (χ3v) is 11.7. The number of likely N-dealkylation sites (N-methyl/N-ethyl adjacent to an activating group) is 1. The third-order valence-electron chi connectivity index (χ3n) is 11.7. The topological polar surface area (TPSA) is 18.5 Å². The largest absolute Gasteiger partial charge is 0.376 e. The molecular formula is C56H100NO2+. The Kier molecular flexibility index (Phi) is 48.9. The Labute approximate surface area is 371 Å². The SMILES string of the molecule is CCCCCCCCCCCCC#CC#CCCCCCCCCCOCC[N+](C)(C)CCOCCCCCCCCCC#CC#CCCCCCCCCCCCC. The summed E-state index contributed by atoms with van der Waals surface area (Å²) in [6.07, 6.45) is 49.5. The summed E-state index contributed by atoms with van der Waals surface area (Å²) in [6.45, 7) is 10.2. The Bertz CT molecular complexity index is 1010. The lowest BCUT2D eigenvalue weighted by Gasteiger charge is -2.29. The molecule has 0 aliphatic carbocycles. The monoisotopic (exact) mass is 819 g/mol. The first-order valence-electron chi connectivity index (χ1n) is 26.0. The standard InChI is InChI=1S/C56H100NO2/c1-5-7-9-11-13-15-17-19-21-23-25-27-29-31-33-35-37-39-41-43-45-47-49-53-58-55-51-57(3,4)52-56-59-54-50-48-46-44-42-40-38-36-34-32-30-28-26-24-22-20-18-16-14-12-10-8-6-2/h5-26,35-56H2,1-4H3/q+1. The molecule has 0 saturated carbocycles. The van der Waals surface area contributed by atoms with Gasteiger partial charge in [0.2, 0.25) is 0 Å². The molecule has 0 aromatic heterocycles. The Morgan fingerprint density at radius 3 is 0.746 bits per heavy atom. The van der Waals surface area contributed by atoms with E-state index in [9.17, 15) is 0 Å². The molecule has 340 valence electrons. The van der Waals surface area contributed by atoms with Crippen molar-refractivity contribution >= 4 is 0 Å². The molecular weight excluding hydrogens is 719 g/mol. The van der Waals surface area contributed by atoms with E-state index in [1.807, 2.05) is 0 Å². The normalized spacial score (nSPS) is 10.9. The van der Waals surface area contributed by atoms with Crippen molar-refractivity contribution in [1.82, 2.24) is 0 Å². The number of hydrogen-bond donors (Lipinski definition) is 0. The highest BCUT2D eigenvalue weighted by Crippen LogP contribution is 2.13. The molecule has 0 radical (unpaired) electrons. The second-order valence-electron chi connectivity index (χ2n) is 18.1. The van der Waals surface area contributed by atoms with Crippen LogP contribution in [0.15, 0.2) is 0 Å². The third kappa shape index (κ3) is 52.2. The summed E-state index contributed by atoms with van der Waals surface area (Å²) >= 11 is 0. The van der Waals surface area contributed by atoms with Crippen LogP contribution in [0.4, 0.5) is 0 Å². The summed E-state index contributed by atoms with van der Waals surface area (Å²) in [5.74, 6) is 25.3. The van der Waals surface area contributed by atoms with Crippen LogP contribution in [0, 0.1) is 47.4 Å². The minimum absolute atomic E-state index is 0.845. The number of quaternary nitrogens is 1. The fourth-order valence-electron chi connectivity index (χ4n) is 7.37. The van der Waals surface area contributed by atoms with Crippen LogP contribution >= 0.6 is 0 Å². The predicted molar refractivity (Wildman–Crippen MR) is 261 cm³/mol. The van der Waals surface area contributed by atoms with E-state index < -0.39 is 0 Å². The zero-order valence-electron chi connectivity index (χ0n) is 40.4. The fourth-order valence-corrected chi connectivity index (χ4v) is 7.37. The first kappa shape index (κ1) is 57.1. The fraction of sp³-hybridized carbons (Fsp3) is 0.857. The van der Waals surface area contributed by atoms with Gasteiger partial charge in [0.15, 0.2) is 0 Å². The molecule has 0 spiro atoms. The molecule has 0 N–H and O–H groups in total. The van der Waals surface area contributed by atoms with Crippen LogP contribution in [0.3, 0.4) is 0 Å². The smallest absolute Gasteiger partial charge is 0.102 e. The van der Waals surface area contributed by atoms with E-state index in [-0.39, 0.29) is 0 Å². The molecule has 3 heteroatoms. The van der Waals surface area contributed by atoms with Gasteiger partial charge in [-0.25, -0.2) is 0 Å². The van der Waals surface area contributed by atoms with Gasteiger partial charge in [0.05, 0.1) is 27.3 Å². The van der Waals surface area contributed by atoms with Crippen LogP contribution in [0.1, 0.15) is 258 Å². The Morgan fingerprint density at radius 2 is 0.492 bits per heavy atom. The molecule has 0 bridgehead atoms. The molecule has 3 nitrogen and oxygen atoms in total. The van der Waals surface area contributed by atoms with Gasteiger partial charge in [0.25, 0.3) is 0 Å². The number of hydrogen-bond acceptors (Lipinski definition) is 2. The predicted octanol–water partition coefficient (Wildman–Crippen LogP) is 16.0. The zero-order chi connectivity index (χ0) is 42.7. The lowest BCUT2D eigenvalue weighted by molar-refractivity contribution is -0.891. The van der Waals surface area contributed by atoms with E-state index in [2.05, 4.69) is 75.3 Å². The summed E-state index contributed by atoms with van der Waals surface area (Å²) in [5.41, 5.74) is 0. The molecule has 0 aromatic rings. The van der Waals surface area contributed by atoms with Gasteiger partial charge in [-0.1, -0.05) is 217 Å². The van der Waals surface area contributed by atoms with Crippen LogP contribution < -0.4 is 0 Å². The summed E-state index contributed by atoms with van der Waals surface area (Å²) in [4.78, 5) is 0. The maximum Gasteiger partial charge on any atom is 0.102 e. The first-order valence-corrected chi connectivity index (χ1v) is 26.0. The maximum absolute atomic E-state index is 5.98. The van der Waals surface area contributed by atoms with E-state index in [0.717, 1.165) is 69.7 Å². The van der Waals surface area contributed by atoms with E-state index >= 15 is 0 Å². The van der Waals surface area contributed by atoms with Gasteiger partial charge in [0, 0.05) is 38.9 Å². The number of unbranched alkanes of at least 4 members (excludes halogenated alkanes) is 34. The summed E-state index contributed by atoms with van der Waals surface area (Å²) in [7, 11) is 4.59. The van der Waals surface area contributed by atoms with Gasteiger partial charge in [-0.2, -0.15) is 0 Å². The van der Waals surface area contributed by atoms with Crippen molar-refractivity contribution < 1.29 is 14.0 Å². The van der Waals surface area contributed by atoms with Crippen LogP contribution in [0.2, 0.25) is 0 Å². The molecule has 0 aliphatic heterocycles. The van der Waals surface area contributed by atoms with Gasteiger partial charge in [-0.3, -0.25) is 0 Å². The number of nitrogens with zero attached hydrogens (tertiary/aromatic N) is 1. The first-order chi connectivity index (χ1) is 29.1. The summed E-state index contributed by atoms with van der Waals surface area (Å²) in [5, 5.41) is 0. The molecule has 0 fully saturated rings. The molecule has 0 heterocycles. The summed E-state index contributed by atoms with van der Waals surface area (Å²) in [6, 6.07) is 0. The molecule has 0 aliphatic rings. The lowest BCUT2D eigenvalue weighted by atomic mass is 10.1. The highest BCUT2D eigenvalue weighted by Gasteiger charge is 2.14. The van der Waals surface area contributed by atoms with Crippen LogP contribution in [0.5, 0.6) is 0 Å². The number of ether oxygens (including phenoxy) is 2. The van der Waals surface area contributed by atoms with Gasteiger partial charge < -0.3 is 14.0 Å². The van der Waals surface area contributed by atoms with E-state index in [1.165, 1.54) is 218 Å². The average molecular weight is 819 g/mol. The number of rotatable bonds is 44. The lowest BCUT2D eigenvalue weighted by Crippen LogP contribution is -2.44. The Balaban J connectivity index is 3.39. The Morgan fingerprint density at radius 1 is 0.271 bits per heavy atom. The van der Waals surface area contributed by atoms with Crippen LogP contribution in [0.25, 0.3) is 0 Å². The van der Waals surface area contributed by atoms with Crippen molar-refractivity contribution in [1.29, 1.82) is 0 Å². The second kappa shape index (κ2) is 50.5. The van der Waals surface area contributed by atoms with Crippen molar-refractivity contribution in [2.24, 2.45) is 0 Å². The highest BCUT2D eigenvalue weighted by atomic mass is 16.5. The zero-order valence-corrected chi connectivity index (χ0v) is 40.4. The second-order valence-corrected chi connectivity index (χ2v) is 18.1. The highest BCUT2D eigenvalue weighted by molar-refractivity contribution is 5.26. The van der Waals surface area contributed by atoms with Gasteiger partial charge in [-0.05, 0) is 62.2 Å². The van der Waals surface area contributed by atoms with Crippen LogP contribution in [-0.2, 0) is 9.47 Å². The van der Waals surface area contributed by atoms with Crippen molar-refractivity contribution in [2.75, 3.05) is 53.6 Å². The molecule has 0 saturated heterocycles.